The second-order valence-electron chi connectivity index (χ2n) is 7.30. The second-order valence-corrected chi connectivity index (χ2v) is 7.30. The summed E-state index contributed by atoms with van der Waals surface area (Å²) in [6.45, 7) is 10.5. The van der Waals surface area contributed by atoms with Crippen molar-refractivity contribution < 1.29 is 4.39 Å². The monoisotopic (exact) mass is 306 g/mol. The number of benzene rings is 1. The molecule has 22 heavy (non-hydrogen) atoms. The summed E-state index contributed by atoms with van der Waals surface area (Å²) in [4.78, 5) is 5.07. The predicted molar refractivity (Wildman–Crippen MR) is 91.6 cm³/mol. The third-order valence-electron chi connectivity index (χ3n) is 4.48. The smallest absolute Gasteiger partial charge is 0.123 e. The topological polar surface area (TPSA) is 6.48 Å². The van der Waals surface area contributed by atoms with Crippen molar-refractivity contribution in [3.8, 4) is 0 Å². The molecule has 0 aliphatic carbocycles. The number of rotatable bonds is 7. The fourth-order valence-electron chi connectivity index (χ4n) is 3.58. The summed E-state index contributed by atoms with van der Waals surface area (Å²) in [6, 6.07) is 6.95. The molecule has 1 fully saturated rings. The number of piperidine rings is 1. The van der Waals surface area contributed by atoms with Crippen molar-refractivity contribution in [2.45, 2.75) is 33.1 Å². The first-order chi connectivity index (χ1) is 10.5. The number of likely N-dealkylation sites (tertiary alicyclic amines) is 1. The molecule has 1 aliphatic heterocycles. The molecule has 0 N–H and O–H groups in total. The van der Waals surface area contributed by atoms with Crippen LogP contribution in [0.3, 0.4) is 0 Å². The van der Waals surface area contributed by atoms with Gasteiger partial charge >= 0.3 is 0 Å². The molecule has 2 nitrogen and oxygen atoms in total. The van der Waals surface area contributed by atoms with Crippen LogP contribution in [0.25, 0.3) is 0 Å². The SMILES string of the molecule is CC(C)CN(C)CC1CCCN(CCc2ccc(F)cc2)C1. The molecule has 1 aromatic carbocycles. The molecular formula is C19H31FN2. The lowest BCUT2D eigenvalue weighted by Gasteiger charge is -2.35. The van der Waals surface area contributed by atoms with E-state index in [0.29, 0.717) is 0 Å². The summed E-state index contributed by atoms with van der Waals surface area (Å²) >= 11 is 0. The minimum atomic E-state index is -0.144. The molecule has 1 aromatic rings. The molecular weight excluding hydrogens is 275 g/mol. The first kappa shape index (κ1) is 17.4. The maximum atomic E-state index is 12.9. The Morgan fingerprint density at radius 1 is 1.27 bits per heavy atom. The van der Waals surface area contributed by atoms with Gasteiger partial charge in [-0.3, -0.25) is 0 Å². The Kier molecular flexibility index (Phi) is 6.84. The summed E-state index contributed by atoms with van der Waals surface area (Å²) in [7, 11) is 2.25. The van der Waals surface area contributed by atoms with E-state index in [4.69, 9.17) is 0 Å². The molecule has 1 aliphatic rings. The fourth-order valence-corrected chi connectivity index (χ4v) is 3.58. The van der Waals surface area contributed by atoms with Crippen LogP contribution in [0.15, 0.2) is 24.3 Å². The van der Waals surface area contributed by atoms with Gasteiger partial charge in [0, 0.05) is 26.2 Å². The predicted octanol–water partition coefficient (Wildman–Crippen LogP) is 3.67. The Morgan fingerprint density at radius 2 is 2.00 bits per heavy atom. The van der Waals surface area contributed by atoms with Crippen molar-refractivity contribution in [2.75, 3.05) is 39.8 Å². The summed E-state index contributed by atoms with van der Waals surface area (Å²) in [6.07, 6.45) is 3.69. The van der Waals surface area contributed by atoms with E-state index in [1.165, 1.54) is 44.6 Å². The van der Waals surface area contributed by atoms with Gasteiger partial charge in [-0.1, -0.05) is 26.0 Å². The zero-order valence-corrected chi connectivity index (χ0v) is 14.4. The lowest BCUT2D eigenvalue weighted by molar-refractivity contribution is 0.140. The van der Waals surface area contributed by atoms with Crippen LogP contribution in [0.2, 0.25) is 0 Å². The van der Waals surface area contributed by atoms with Gasteiger partial charge in [-0.25, -0.2) is 4.39 Å². The van der Waals surface area contributed by atoms with E-state index < -0.39 is 0 Å². The van der Waals surface area contributed by atoms with Crippen molar-refractivity contribution in [2.24, 2.45) is 11.8 Å². The van der Waals surface area contributed by atoms with Gasteiger partial charge in [-0.2, -0.15) is 0 Å². The maximum absolute atomic E-state index is 12.9. The first-order valence-electron chi connectivity index (χ1n) is 8.68. The van der Waals surface area contributed by atoms with Crippen LogP contribution >= 0.6 is 0 Å². The third kappa shape index (κ3) is 6.05. The number of hydrogen-bond donors (Lipinski definition) is 0. The van der Waals surface area contributed by atoms with E-state index in [1.54, 1.807) is 12.1 Å². The highest BCUT2D eigenvalue weighted by atomic mass is 19.1. The molecule has 0 radical (unpaired) electrons. The molecule has 0 aromatic heterocycles. The standard InChI is InChI=1S/C19H31FN2/c1-16(2)13-21(3)14-18-5-4-11-22(15-18)12-10-17-6-8-19(20)9-7-17/h6-9,16,18H,4-5,10-15H2,1-3H3. The first-order valence-corrected chi connectivity index (χ1v) is 8.68. The van der Waals surface area contributed by atoms with Gasteiger partial charge in [0.15, 0.2) is 0 Å². The summed E-state index contributed by atoms with van der Waals surface area (Å²) in [5.74, 6) is 1.39. The molecule has 0 saturated carbocycles. The van der Waals surface area contributed by atoms with Gasteiger partial charge < -0.3 is 9.80 Å². The molecule has 2 rings (SSSR count). The highest BCUT2D eigenvalue weighted by molar-refractivity contribution is 5.16. The number of halogens is 1. The normalized spacial score (nSPS) is 20.0. The van der Waals surface area contributed by atoms with Crippen LogP contribution in [0, 0.1) is 17.7 Å². The minimum absolute atomic E-state index is 0.144. The van der Waals surface area contributed by atoms with E-state index in [1.807, 2.05) is 12.1 Å². The lowest BCUT2D eigenvalue weighted by Crippen LogP contribution is -2.41. The van der Waals surface area contributed by atoms with Gasteiger partial charge in [-0.15, -0.1) is 0 Å². The highest BCUT2D eigenvalue weighted by Crippen LogP contribution is 2.18. The Hall–Kier alpha value is -0.930. The average molecular weight is 306 g/mol. The Bertz CT molecular complexity index is 430. The summed E-state index contributed by atoms with van der Waals surface area (Å²) in [5.41, 5.74) is 1.24. The molecule has 0 amide bonds. The Balaban J connectivity index is 1.74. The van der Waals surface area contributed by atoms with Gasteiger partial charge in [0.05, 0.1) is 0 Å². The number of nitrogens with zero attached hydrogens (tertiary/aromatic N) is 2. The largest absolute Gasteiger partial charge is 0.306 e. The molecule has 0 spiro atoms. The van der Waals surface area contributed by atoms with E-state index in [0.717, 1.165) is 24.8 Å². The Morgan fingerprint density at radius 3 is 2.68 bits per heavy atom. The van der Waals surface area contributed by atoms with Crippen molar-refractivity contribution in [3.63, 3.8) is 0 Å². The third-order valence-corrected chi connectivity index (χ3v) is 4.48. The van der Waals surface area contributed by atoms with E-state index >= 15 is 0 Å². The molecule has 1 saturated heterocycles. The van der Waals surface area contributed by atoms with Crippen LogP contribution in [-0.2, 0) is 6.42 Å². The van der Waals surface area contributed by atoms with Crippen molar-refractivity contribution in [1.29, 1.82) is 0 Å². The van der Waals surface area contributed by atoms with Crippen LogP contribution in [0.4, 0.5) is 4.39 Å². The molecule has 0 bridgehead atoms. The van der Waals surface area contributed by atoms with Crippen LogP contribution in [-0.4, -0.2) is 49.6 Å². The van der Waals surface area contributed by atoms with Gasteiger partial charge in [0.25, 0.3) is 0 Å². The van der Waals surface area contributed by atoms with E-state index in [-0.39, 0.29) is 5.82 Å². The van der Waals surface area contributed by atoms with Gasteiger partial charge in [-0.05, 0) is 62.4 Å². The zero-order chi connectivity index (χ0) is 15.9. The minimum Gasteiger partial charge on any atom is -0.306 e. The Labute approximate surface area is 135 Å². The number of hydrogen-bond acceptors (Lipinski definition) is 2. The molecule has 1 atom stereocenters. The van der Waals surface area contributed by atoms with Crippen LogP contribution in [0.5, 0.6) is 0 Å². The van der Waals surface area contributed by atoms with Crippen molar-refractivity contribution >= 4 is 0 Å². The van der Waals surface area contributed by atoms with Crippen LogP contribution in [0.1, 0.15) is 32.3 Å². The fraction of sp³-hybridized carbons (Fsp3) is 0.684. The van der Waals surface area contributed by atoms with E-state index in [2.05, 4.69) is 30.7 Å². The van der Waals surface area contributed by atoms with Gasteiger partial charge in [0.1, 0.15) is 5.82 Å². The lowest BCUT2D eigenvalue weighted by atomic mass is 9.96. The highest BCUT2D eigenvalue weighted by Gasteiger charge is 2.21. The summed E-state index contributed by atoms with van der Waals surface area (Å²) < 4.78 is 12.9. The molecule has 1 heterocycles. The van der Waals surface area contributed by atoms with Crippen molar-refractivity contribution in [1.82, 2.24) is 9.80 Å². The summed E-state index contributed by atoms with van der Waals surface area (Å²) in [5, 5.41) is 0. The zero-order valence-electron chi connectivity index (χ0n) is 14.4. The molecule has 124 valence electrons. The quantitative estimate of drug-likeness (QED) is 0.758. The van der Waals surface area contributed by atoms with Crippen molar-refractivity contribution in [3.05, 3.63) is 35.6 Å². The average Bonchev–Trinajstić information content (AvgIpc) is 2.46. The second kappa shape index (κ2) is 8.64. The molecule has 3 heteroatoms. The van der Waals surface area contributed by atoms with Crippen LogP contribution < -0.4 is 0 Å². The maximum Gasteiger partial charge on any atom is 0.123 e. The van der Waals surface area contributed by atoms with Gasteiger partial charge in [0.2, 0.25) is 0 Å². The van der Waals surface area contributed by atoms with E-state index in [9.17, 15) is 4.39 Å². The molecule has 1 unspecified atom stereocenters.